The zero-order valence-electron chi connectivity index (χ0n) is 16.5. The van der Waals surface area contributed by atoms with Gasteiger partial charge in [-0.2, -0.15) is 0 Å². The minimum atomic E-state index is 0.0352. The highest BCUT2D eigenvalue weighted by molar-refractivity contribution is 6.30. The number of amides is 1. The molecule has 1 saturated heterocycles. The molecule has 8 heteroatoms. The van der Waals surface area contributed by atoms with Gasteiger partial charge in [0.2, 0.25) is 5.91 Å². The summed E-state index contributed by atoms with van der Waals surface area (Å²) in [6, 6.07) is 6.06. The van der Waals surface area contributed by atoms with Gasteiger partial charge >= 0.3 is 0 Å². The van der Waals surface area contributed by atoms with E-state index in [1.807, 2.05) is 32.0 Å². The number of nitrogens with one attached hydrogen (secondary N) is 3. The average Bonchev–Trinajstić information content (AvgIpc) is 3.08. The molecule has 1 amide bonds. The first-order valence-corrected chi connectivity index (χ1v) is 9.65. The lowest BCUT2D eigenvalue weighted by molar-refractivity contribution is -0.121. The van der Waals surface area contributed by atoms with E-state index in [0.717, 1.165) is 30.9 Å². The van der Waals surface area contributed by atoms with E-state index < -0.39 is 0 Å². The van der Waals surface area contributed by atoms with Crippen LogP contribution in [0.4, 0.5) is 5.69 Å². The smallest absolute Gasteiger partial charge is 0.221 e. The second kappa shape index (κ2) is 10.3. The van der Waals surface area contributed by atoms with E-state index in [2.05, 4.69) is 25.8 Å². The van der Waals surface area contributed by atoms with Crippen LogP contribution in [-0.2, 0) is 4.79 Å². The van der Waals surface area contributed by atoms with Gasteiger partial charge in [-0.05, 0) is 38.5 Å². The number of halogens is 1. The second-order valence-corrected chi connectivity index (χ2v) is 7.30. The number of carbonyl (C=O) groups excluding carboxylic acids is 1. The van der Waals surface area contributed by atoms with Crippen molar-refractivity contribution in [1.29, 1.82) is 0 Å². The van der Waals surface area contributed by atoms with Gasteiger partial charge in [0.25, 0.3) is 0 Å². The molecule has 2 rings (SSSR count). The van der Waals surface area contributed by atoms with Gasteiger partial charge in [0, 0.05) is 50.2 Å². The molecule has 0 aliphatic carbocycles. The Hall–Kier alpha value is -2.15. The van der Waals surface area contributed by atoms with Crippen LogP contribution < -0.4 is 25.6 Å². The summed E-state index contributed by atoms with van der Waals surface area (Å²) in [5.41, 5.74) is 1.00. The van der Waals surface area contributed by atoms with E-state index in [1.54, 1.807) is 14.2 Å². The molecule has 0 saturated carbocycles. The van der Waals surface area contributed by atoms with Crippen molar-refractivity contribution in [3.63, 3.8) is 0 Å². The van der Waals surface area contributed by atoms with Gasteiger partial charge in [-0.15, -0.1) is 0 Å². The summed E-state index contributed by atoms with van der Waals surface area (Å²) in [4.78, 5) is 18.2. The number of ether oxygens (including phenoxy) is 1. The predicted molar refractivity (Wildman–Crippen MR) is 111 cm³/mol. The predicted octanol–water partition coefficient (Wildman–Crippen LogP) is 2.01. The molecule has 1 heterocycles. The van der Waals surface area contributed by atoms with Crippen molar-refractivity contribution in [2.75, 3.05) is 38.7 Å². The van der Waals surface area contributed by atoms with Crippen molar-refractivity contribution >= 4 is 29.2 Å². The second-order valence-electron chi connectivity index (χ2n) is 6.86. The molecule has 0 bridgehead atoms. The van der Waals surface area contributed by atoms with Gasteiger partial charge in [0.1, 0.15) is 5.75 Å². The van der Waals surface area contributed by atoms with Crippen molar-refractivity contribution in [2.24, 2.45) is 4.99 Å². The summed E-state index contributed by atoms with van der Waals surface area (Å²) >= 11 is 6.15. The Morgan fingerprint density at radius 1 is 1.44 bits per heavy atom. The van der Waals surface area contributed by atoms with Crippen molar-refractivity contribution in [3.05, 3.63) is 23.2 Å². The van der Waals surface area contributed by atoms with Crippen LogP contribution in [0.2, 0.25) is 5.02 Å². The molecule has 1 fully saturated rings. The largest absolute Gasteiger partial charge is 0.495 e. The van der Waals surface area contributed by atoms with Crippen LogP contribution in [0.5, 0.6) is 5.75 Å². The molecular weight excluding hydrogens is 366 g/mol. The Morgan fingerprint density at radius 3 is 2.89 bits per heavy atom. The highest BCUT2D eigenvalue weighted by Crippen LogP contribution is 2.33. The Kier molecular flexibility index (Phi) is 8.03. The lowest BCUT2D eigenvalue weighted by Crippen LogP contribution is -2.45. The minimum absolute atomic E-state index is 0.0352. The quantitative estimate of drug-likeness (QED) is 0.486. The first-order chi connectivity index (χ1) is 12.9. The van der Waals surface area contributed by atoms with E-state index in [9.17, 15) is 4.79 Å². The number of guanidine groups is 1. The van der Waals surface area contributed by atoms with Gasteiger partial charge < -0.3 is 25.6 Å². The zero-order valence-corrected chi connectivity index (χ0v) is 17.3. The number of anilines is 1. The first-order valence-electron chi connectivity index (χ1n) is 9.28. The zero-order chi connectivity index (χ0) is 19.8. The fourth-order valence-corrected chi connectivity index (χ4v) is 3.25. The van der Waals surface area contributed by atoms with Gasteiger partial charge in [-0.3, -0.25) is 9.79 Å². The molecule has 1 unspecified atom stereocenters. The van der Waals surface area contributed by atoms with E-state index in [-0.39, 0.29) is 18.0 Å². The monoisotopic (exact) mass is 395 g/mol. The maximum absolute atomic E-state index is 11.7. The van der Waals surface area contributed by atoms with Crippen LogP contribution in [0.25, 0.3) is 0 Å². The minimum Gasteiger partial charge on any atom is -0.495 e. The number of rotatable bonds is 7. The van der Waals surface area contributed by atoms with Gasteiger partial charge in [-0.25, -0.2) is 0 Å². The number of nitrogens with zero attached hydrogens (tertiary/aromatic N) is 2. The van der Waals surface area contributed by atoms with Gasteiger partial charge in [0.15, 0.2) is 5.96 Å². The SMILES string of the molecule is CN=C(NCCC(=O)NC(C)C)NC1CCN(c2cc(Cl)ccc2OC)C1. The molecule has 1 aliphatic rings. The normalized spacial score (nSPS) is 17.2. The van der Waals surface area contributed by atoms with Crippen LogP contribution in [0.3, 0.4) is 0 Å². The number of hydrogen-bond donors (Lipinski definition) is 3. The molecule has 27 heavy (non-hydrogen) atoms. The standard InChI is InChI=1S/C19H30ClN5O2/c1-13(2)23-18(26)7-9-22-19(21-3)24-15-8-10-25(12-15)16-11-14(20)5-6-17(16)27-4/h5-6,11,13,15H,7-10,12H2,1-4H3,(H,23,26)(H2,21,22,24). The van der Waals surface area contributed by atoms with Crippen LogP contribution in [0.15, 0.2) is 23.2 Å². The van der Waals surface area contributed by atoms with E-state index in [1.165, 1.54) is 0 Å². The summed E-state index contributed by atoms with van der Waals surface area (Å²) in [6.07, 6.45) is 1.39. The van der Waals surface area contributed by atoms with Crippen molar-refractivity contribution < 1.29 is 9.53 Å². The van der Waals surface area contributed by atoms with Gasteiger partial charge in [-0.1, -0.05) is 11.6 Å². The lowest BCUT2D eigenvalue weighted by Gasteiger charge is -2.22. The summed E-state index contributed by atoms with van der Waals surface area (Å²) in [5.74, 6) is 1.56. The summed E-state index contributed by atoms with van der Waals surface area (Å²) in [6.45, 7) is 6.17. The molecular formula is C19H30ClN5O2. The molecule has 150 valence electrons. The van der Waals surface area contributed by atoms with Crippen molar-refractivity contribution in [2.45, 2.75) is 38.8 Å². The molecule has 0 aromatic heterocycles. The molecule has 1 atom stereocenters. The Labute approximate surface area is 166 Å². The molecule has 0 spiro atoms. The van der Waals surface area contributed by atoms with Crippen molar-refractivity contribution in [1.82, 2.24) is 16.0 Å². The van der Waals surface area contributed by atoms with Crippen LogP contribution in [0, 0.1) is 0 Å². The van der Waals surface area contributed by atoms with E-state index >= 15 is 0 Å². The van der Waals surface area contributed by atoms with Crippen LogP contribution in [0.1, 0.15) is 26.7 Å². The average molecular weight is 396 g/mol. The third kappa shape index (κ3) is 6.50. The fourth-order valence-electron chi connectivity index (χ4n) is 3.08. The molecule has 1 aromatic rings. The number of methoxy groups -OCH3 is 1. The molecule has 7 nitrogen and oxygen atoms in total. The Morgan fingerprint density at radius 2 is 2.22 bits per heavy atom. The first kappa shape index (κ1) is 21.2. The number of carbonyl (C=O) groups is 1. The molecule has 1 aromatic carbocycles. The molecule has 1 aliphatic heterocycles. The van der Waals surface area contributed by atoms with Crippen LogP contribution >= 0.6 is 11.6 Å². The van der Waals surface area contributed by atoms with Gasteiger partial charge in [0.05, 0.1) is 12.8 Å². The molecule has 0 radical (unpaired) electrons. The summed E-state index contributed by atoms with van der Waals surface area (Å²) < 4.78 is 5.46. The number of benzene rings is 1. The number of hydrogen-bond acceptors (Lipinski definition) is 4. The maximum Gasteiger partial charge on any atom is 0.221 e. The Bertz CT molecular complexity index is 666. The highest BCUT2D eigenvalue weighted by Gasteiger charge is 2.25. The van der Waals surface area contributed by atoms with Crippen molar-refractivity contribution in [3.8, 4) is 5.75 Å². The lowest BCUT2D eigenvalue weighted by atomic mass is 10.2. The summed E-state index contributed by atoms with van der Waals surface area (Å²) in [5, 5.41) is 10.2. The highest BCUT2D eigenvalue weighted by atomic mass is 35.5. The number of aliphatic imine (C=N–C) groups is 1. The molecule has 3 N–H and O–H groups in total. The third-order valence-corrected chi connectivity index (χ3v) is 4.56. The van der Waals surface area contributed by atoms with E-state index in [0.29, 0.717) is 23.9 Å². The fraction of sp³-hybridized carbons (Fsp3) is 0.579. The summed E-state index contributed by atoms with van der Waals surface area (Å²) in [7, 11) is 3.40. The maximum atomic E-state index is 11.7. The third-order valence-electron chi connectivity index (χ3n) is 4.33. The van der Waals surface area contributed by atoms with E-state index in [4.69, 9.17) is 16.3 Å². The topological polar surface area (TPSA) is 78.0 Å². The Balaban J connectivity index is 1.84. The van der Waals surface area contributed by atoms with Crippen LogP contribution in [-0.4, -0.2) is 57.7 Å².